The van der Waals surface area contributed by atoms with Gasteiger partial charge in [0.15, 0.2) is 0 Å². The number of hydrogen-bond acceptors (Lipinski definition) is 7. The molecule has 3 unspecified atom stereocenters. The van der Waals surface area contributed by atoms with Crippen LogP contribution in [0.15, 0.2) is 72.8 Å². The molecule has 3 atom stereocenters. The van der Waals surface area contributed by atoms with Crippen LogP contribution in [0.4, 0.5) is 0 Å². The molecule has 0 bridgehead atoms. The average Bonchev–Trinajstić information content (AvgIpc) is 4.03. The Hall–Kier alpha value is -4.04. The molecule has 0 aromatic heterocycles. The summed E-state index contributed by atoms with van der Waals surface area (Å²) in [4.78, 5) is 0. The fraction of sp³-hybridized carbons (Fsp3) is 0.455. The Morgan fingerprint density at radius 2 is 0.902 bits per heavy atom. The van der Waals surface area contributed by atoms with Crippen molar-refractivity contribution in [3.8, 4) is 23.0 Å². The van der Waals surface area contributed by atoms with E-state index in [1.54, 1.807) is 0 Å². The highest BCUT2D eigenvalue weighted by Gasteiger charge is 2.28. The van der Waals surface area contributed by atoms with Gasteiger partial charge in [0.05, 0.1) is 25.9 Å². The normalized spacial score (nSPS) is 17.5. The topological polar surface area (TPSA) is 82.2 Å². The van der Waals surface area contributed by atoms with Crippen LogP contribution in [-0.2, 0) is 20.3 Å². The zero-order valence-electron chi connectivity index (χ0n) is 31.5. The van der Waals surface area contributed by atoms with Gasteiger partial charge in [-0.15, -0.1) is 0 Å². The van der Waals surface area contributed by atoms with Gasteiger partial charge in [-0.05, 0) is 96.5 Å². The highest BCUT2D eigenvalue weighted by atomic mass is 16.6. The van der Waals surface area contributed by atoms with E-state index in [4.69, 9.17) is 28.4 Å². The molecule has 51 heavy (non-hydrogen) atoms. The highest BCUT2D eigenvalue weighted by Crippen LogP contribution is 2.38. The summed E-state index contributed by atoms with van der Waals surface area (Å²) in [6.07, 6.45) is 0.283. The van der Waals surface area contributed by atoms with Crippen LogP contribution >= 0.6 is 0 Å². The minimum absolute atomic E-state index is 0.197. The third-order valence-electron chi connectivity index (χ3n) is 10.4. The molecule has 1 N–H and O–H groups in total. The van der Waals surface area contributed by atoms with Crippen LogP contribution in [0.25, 0.3) is 0 Å². The minimum atomic E-state index is -0.652. The van der Waals surface area contributed by atoms with Crippen LogP contribution < -0.4 is 18.9 Å². The largest absolute Gasteiger partial charge is 0.493 e. The summed E-state index contributed by atoms with van der Waals surface area (Å²) in [6, 6.07) is 25.5. The fourth-order valence-electron chi connectivity index (χ4n) is 6.40. The lowest BCUT2D eigenvalue weighted by molar-refractivity contribution is 0.0853. The van der Waals surface area contributed by atoms with Crippen LogP contribution in [0.2, 0.25) is 0 Å². The molecule has 0 aliphatic carbocycles. The Balaban J connectivity index is 0.983. The summed E-state index contributed by atoms with van der Waals surface area (Å²) < 4.78 is 34.6. The molecule has 0 radical (unpaired) electrons. The van der Waals surface area contributed by atoms with E-state index in [0.717, 1.165) is 58.5 Å². The van der Waals surface area contributed by atoms with Crippen LogP contribution in [0, 0.1) is 27.7 Å². The van der Waals surface area contributed by atoms with Gasteiger partial charge in [-0.3, -0.25) is 0 Å². The molecule has 0 saturated carbocycles. The lowest BCUT2D eigenvalue weighted by atomic mass is 9.77. The quantitative estimate of drug-likeness (QED) is 0.111. The third kappa shape index (κ3) is 9.07. The van der Waals surface area contributed by atoms with Gasteiger partial charge in [-0.1, -0.05) is 76.2 Å². The zero-order valence-corrected chi connectivity index (χ0v) is 31.5. The monoisotopic (exact) mass is 694 g/mol. The highest BCUT2D eigenvalue weighted by molar-refractivity contribution is 5.48. The maximum absolute atomic E-state index is 10.7. The van der Waals surface area contributed by atoms with E-state index in [-0.39, 0.29) is 29.6 Å². The predicted octanol–water partition coefficient (Wildman–Crippen LogP) is 8.34. The first-order valence-corrected chi connectivity index (χ1v) is 18.2. The molecular formula is C44H54O7. The minimum Gasteiger partial charge on any atom is -0.493 e. The number of benzene rings is 4. The fourth-order valence-corrected chi connectivity index (χ4v) is 6.40. The lowest BCUT2D eigenvalue weighted by Gasteiger charge is -2.28. The van der Waals surface area contributed by atoms with Crippen molar-refractivity contribution in [1.29, 1.82) is 0 Å². The molecule has 2 fully saturated rings. The van der Waals surface area contributed by atoms with Crippen molar-refractivity contribution in [3.63, 3.8) is 0 Å². The summed E-state index contributed by atoms with van der Waals surface area (Å²) in [7, 11) is 0. The van der Waals surface area contributed by atoms with E-state index in [1.165, 1.54) is 22.3 Å². The molecule has 4 aromatic carbocycles. The molecule has 4 aromatic rings. The molecule has 6 rings (SSSR count). The van der Waals surface area contributed by atoms with E-state index in [2.05, 4.69) is 116 Å². The number of aliphatic hydroxyl groups excluding tert-OH is 1. The SMILES string of the molecule is Cc1cc(C(C)(C)c2ccc(OCC3CO3)c(C)c2)ccc1OCCC(O)COc1ccc(C(C)(C)c2ccc(OCC3CO3)c(C)c2)cc1C. The van der Waals surface area contributed by atoms with Crippen LogP contribution in [-0.4, -0.2) is 63.1 Å². The number of aliphatic hydroxyl groups is 1. The summed E-state index contributed by atoms with van der Waals surface area (Å²) in [5, 5.41) is 10.7. The molecular weight excluding hydrogens is 640 g/mol. The Labute approximate surface area is 303 Å². The van der Waals surface area contributed by atoms with Gasteiger partial charge in [0.25, 0.3) is 0 Å². The van der Waals surface area contributed by atoms with Gasteiger partial charge >= 0.3 is 0 Å². The first-order chi connectivity index (χ1) is 24.3. The summed E-state index contributed by atoms with van der Waals surface area (Å²) >= 11 is 0. The van der Waals surface area contributed by atoms with Gasteiger partial charge < -0.3 is 33.5 Å². The molecule has 2 aliphatic heterocycles. The maximum atomic E-state index is 10.7. The van der Waals surface area contributed by atoms with Crippen molar-refractivity contribution in [3.05, 3.63) is 117 Å². The molecule has 0 spiro atoms. The van der Waals surface area contributed by atoms with Crippen LogP contribution in [0.1, 0.15) is 78.6 Å². The summed E-state index contributed by atoms with van der Waals surface area (Å²) in [6.45, 7) is 20.6. The molecule has 2 aliphatic rings. The predicted molar refractivity (Wildman–Crippen MR) is 201 cm³/mol. The Morgan fingerprint density at radius 1 is 0.569 bits per heavy atom. The average molecular weight is 695 g/mol. The standard InChI is InChI=1S/C44H54O7/c1-28-19-32(43(5,6)34-11-15-41(30(3)21-34)50-26-37-24-47-37)9-13-39(28)46-18-17-36(45)23-49-40-14-10-33(20-29(40)2)44(7,8)35-12-16-42(31(4)22-35)51-27-38-25-48-38/h9-16,19-22,36-38,45H,17-18,23-27H2,1-8H3. The van der Waals surface area contributed by atoms with E-state index in [1.807, 2.05) is 12.1 Å². The lowest BCUT2D eigenvalue weighted by Crippen LogP contribution is -2.22. The molecule has 272 valence electrons. The molecule has 7 heteroatoms. The Morgan fingerprint density at radius 3 is 1.24 bits per heavy atom. The number of hydrogen-bond donors (Lipinski definition) is 1. The Kier molecular flexibility index (Phi) is 11.0. The summed E-state index contributed by atoms with van der Waals surface area (Å²) in [5.41, 5.74) is 8.79. The Bertz CT molecular complexity index is 1820. The number of epoxide rings is 2. The maximum Gasteiger partial charge on any atom is 0.122 e. The van der Waals surface area contributed by atoms with E-state index in [9.17, 15) is 5.11 Å². The first-order valence-electron chi connectivity index (χ1n) is 18.2. The van der Waals surface area contributed by atoms with Crippen molar-refractivity contribution >= 4 is 0 Å². The second-order valence-electron chi connectivity index (χ2n) is 15.3. The van der Waals surface area contributed by atoms with Gasteiger partial charge in [-0.25, -0.2) is 0 Å². The first kappa shape index (κ1) is 36.7. The number of aryl methyl sites for hydroxylation is 4. The van der Waals surface area contributed by atoms with Gasteiger partial charge in [0, 0.05) is 17.3 Å². The van der Waals surface area contributed by atoms with Crippen LogP contribution in [0.5, 0.6) is 23.0 Å². The number of rotatable bonds is 17. The van der Waals surface area contributed by atoms with Crippen molar-refractivity contribution < 1.29 is 33.5 Å². The smallest absolute Gasteiger partial charge is 0.122 e. The molecule has 7 nitrogen and oxygen atoms in total. The zero-order chi connectivity index (χ0) is 36.3. The number of ether oxygens (including phenoxy) is 6. The second-order valence-corrected chi connectivity index (χ2v) is 15.3. The van der Waals surface area contributed by atoms with Crippen molar-refractivity contribution in [1.82, 2.24) is 0 Å². The summed E-state index contributed by atoms with van der Waals surface area (Å²) in [5.74, 6) is 3.41. The second kappa shape index (κ2) is 15.3. The van der Waals surface area contributed by atoms with Crippen molar-refractivity contribution in [2.24, 2.45) is 0 Å². The molecule has 2 heterocycles. The molecule has 2 saturated heterocycles. The van der Waals surface area contributed by atoms with Crippen molar-refractivity contribution in [2.75, 3.05) is 39.6 Å². The van der Waals surface area contributed by atoms with Crippen LogP contribution in [0.3, 0.4) is 0 Å². The molecule has 0 amide bonds. The third-order valence-corrected chi connectivity index (χ3v) is 10.4. The van der Waals surface area contributed by atoms with Crippen molar-refractivity contribution in [2.45, 2.75) is 91.0 Å². The van der Waals surface area contributed by atoms with Gasteiger partial charge in [-0.2, -0.15) is 0 Å². The van der Waals surface area contributed by atoms with E-state index >= 15 is 0 Å². The van der Waals surface area contributed by atoms with E-state index < -0.39 is 6.10 Å². The van der Waals surface area contributed by atoms with Gasteiger partial charge in [0.1, 0.15) is 55.0 Å². The van der Waals surface area contributed by atoms with Gasteiger partial charge in [0.2, 0.25) is 0 Å². The van der Waals surface area contributed by atoms with E-state index in [0.29, 0.717) is 26.2 Å².